The fraction of sp³-hybridized carbons (Fsp3) is 0.667. The Kier molecular flexibility index (Phi) is 7.71. The number of rotatable bonds is 9. The lowest BCUT2D eigenvalue weighted by Crippen LogP contribution is -2.32. The van der Waals surface area contributed by atoms with Gasteiger partial charge in [0.2, 0.25) is 0 Å². The molecule has 4 heteroatoms. The van der Waals surface area contributed by atoms with E-state index in [1.54, 1.807) is 0 Å². The first kappa shape index (κ1) is 17.3. The molecule has 0 spiro atoms. The second-order valence-corrected chi connectivity index (χ2v) is 5.86. The maximum atomic E-state index is 5.78. The monoisotopic (exact) mass is 307 g/mol. The van der Waals surface area contributed by atoms with Crippen LogP contribution in [0.1, 0.15) is 25.3 Å². The van der Waals surface area contributed by atoms with E-state index in [1.165, 1.54) is 5.56 Å². The van der Waals surface area contributed by atoms with Crippen molar-refractivity contribution in [1.82, 2.24) is 4.90 Å². The van der Waals surface area contributed by atoms with Crippen LogP contribution < -0.4 is 4.74 Å². The fourth-order valence-electron chi connectivity index (χ4n) is 2.53. The number of hydrogen-bond donors (Lipinski definition) is 0. The molecule has 0 radical (unpaired) electrons. The lowest BCUT2D eigenvalue weighted by Gasteiger charge is -2.25. The van der Waals surface area contributed by atoms with E-state index in [9.17, 15) is 0 Å². The Labute approximate surface area is 134 Å². The molecule has 1 aliphatic rings. The second-order valence-electron chi connectivity index (χ2n) is 5.86. The van der Waals surface area contributed by atoms with Crippen LogP contribution in [0, 0.1) is 0 Å². The molecule has 0 aromatic heterocycles. The summed E-state index contributed by atoms with van der Waals surface area (Å²) < 4.78 is 16.8. The minimum atomic E-state index is 0.268. The van der Waals surface area contributed by atoms with Crippen LogP contribution in [0.5, 0.6) is 5.75 Å². The highest BCUT2D eigenvalue weighted by molar-refractivity contribution is 5.27. The highest BCUT2D eigenvalue weighted by Crippen LogP contribution is 2.12. The van der Waals surface area contributed by atoms with Gasteiger partial charge in [0.15, 0.2) is 0 Å². The van der Waals surface area contributed by atoms with Crippen molar-refractivity contribution in [3.63, 3.8) is 0 Å². The van der Waals surface area contributed by atoms with Gasteiger partial charge >= 0.3 is 0 Å². The van der Waals surface area contributed by atoms with Crippen molar-refractivity contribution in [2.45, 2.75) is 32.3 Å². The SMILES string of the molecule is CCc1ccc(OCCCN(C)CCC2COCCO2)cc1. The molecule has 1 atom stereocenters. The summed E-state index contributed by atoms with van der Waals surface area (Å²) in [5, 5.41) is 0. The van der Waals surface area contributed by atoms with E-state index in [2.05, 4.69) is 43.1 Å². The minimum Gasteiger partial charge on any atom is -0.494 e. The number of nitrogens with zero attached hydrogens (tertiary/aromatic N) is 1. The molecule has 0 N–H and O–H groups in total. The highest BCUT2D eigenvalue weighted by atomic mass is 16.6. The summed E-state index contributed by atoms with van der Waals surface area (Å²) in [6.45, 7) is 7.22. The lowest BCUT2D eigenvalue weighted by molar-refractivity contribution is -0.0922. The van der Waals surface area contributed by atoms with E-state index in [-0.39, 0.29) is 6.10 Å². The second kappa shape index (κ2) is 9.82. The van der Waals surface area contributed by atoms with Gasteiger partial charge < -0.3 is 19.1 Å². The van der Waals surface area contributed by atoms with E-state index in [0.717, 1.165) is 64.5 Å². The zero-order chi connectivity index (χ0) is 15.6. The highest BCUT2D eigenvalue weighted by Gasteiger charge is 2.14. The van der Waals surface area contributed by atoms with Crippen molar-refractivity contribution in [3.05, 3.63) is 29.8 Å². The average Bonchev–Trinajstić information content (AvgIpc) is 2.58. The molecule has 1 heterocycles. The Morgan fingerprint density at radius 3 is 2.68 bits per heavy atom. The standard InChI is InChI=1S/C18H29NO3/c1-3-16-5-7-17(8-6-16)21-12-4-10-19(2)11-9-18-15-20-13-14-22-18/h5-8,18H,3-4,9-15H2,1-2H3. The molecule has 1 aromatic carbocycles. The van der Waals surface area contributed by atoms with Crippen LogP contribution in [0.15, 0.2) is 24.3 Å². The molecule has 2 rings (SSSR count). The Balaban J connectivity index is 1.53. The number of ether oxygens (including phenoxy) is 3. The molecular weight excluding hydrogens is 278 g/mol. The topological polar surface area (TPSA) is 30.9 Å². The summed E-state index contributed by atoms with van der Waals surface area (Å²) in [5.41, 5.74) is 1.35. The zero-order valence-electron chi connectivity index (χ0n) is 13.9. The summed E-state index contributed by atoms with van der Waals surface area (Å²) in [4.78, 5) is 2.33. The van der Waals surface area contributed by atoms with Gasteiger partial charge in [0.05, 0.1) is 32.5 Å². The van der Waals surface area contributed by atoms with Crippen LogP contribution in [0.4, 0.5) is 0 Å². The Hall–Kier alpha value is -1.10. The van der Waals surface area contributed by atoms with Gasteiger partial charge in [-0.05, 0) is 44.0 Å². The Morgan fingerprint density at radius 1 is 1.18 bits per heavy atom. The van der Waals surface area contributed by atoms with Gasteiger partial charge in [-0.15, -0.1) is 0 Å². The van der Waals surface area contributed by atoms with E-state index >= 15 is 0 Å². The average molecular weight is 307 g/mol. The maximum absolute atomic E-state index is 5.78. The Morgan fingerprint density at radius 2 is 2.00 bits per heavy atom. The molecule has 0 bridgehead atoms. The van der Waals surface area contributed by atoms with E-state index in [0.29, 0.717) is 0 Å². The van der Waals surface area contributed by atoms with Gasteiger partial charge in [0, 0.05) is 13.1 Å². The van der Waals surface area contributed by atoms with Crippen LogP contribution in [0.3, 0.4) is 0 Å². The number of hydrogen-bond acceptors (Lipinski definition) is 4. The summed E-state index contributed by atoms with van der Waals surface area (Å²) >= 11 is 0. The molecule has 1 aromatic rings. The van der Waals surface area contributed by atoms with Crippen LogP contribution in [-0.2, 0) is 15.9 Å². The third-order valence-corrected chi connectivity index (χ3v) is 4.00. The molecule has 0 saturated carbocycles. The first-order valence-electron chi connectivity index (χ1n) is 8.37. The third-order valence-electron chi connectivity index (χ3n) is 4.00. The molecule has 1 unspecified atom stereocenters. The van der Waals surface area contributed by atoms with Crippen molar-refractivity contribution in [1.29, 1.82) is 0 Å². The van der Waals surface area contributed by atoms with Gasteiger partial charge in [-0.25, -0.2) is 0 Å². The summed E-state index contributed by atoms with van der Waals surface area (Å²) in [6, 6.07) is 8.38. The Bertz CT molecular complexity index is 401. The molecular formula is C18H29NO3. The molecule has 4 nitrogen and oxygen atoms in total. The lowest BCUT2D eigenvalue weighted by atomic mass is 10.2. The number of benzene rings is 1. The summed E-state index contributed by atoms with van der Waals surface area (Å²) in [5.74, 6) is 0.965. The van der Waals surface area contributed by atoms with Crippen LogP contribution >= 0.6 is 0 Å². The quantitative estimate of drug-likeness (QED) is 0.656. The molecule has 1 saturated heterocycles. The van der Waals surface area contributed by atoms with Gasteiger partial charge in [-0.3, -0.25) is 0 Å². The fourth-order valence-corrected chi connectivity index (χ4v) is 2.53. The third kappa shape index (κ3) is 6.34. The van der Waals surface area contributed by atoms with Crippen molar-refractivity contribution in [2.24, 2.45) is 0 Å². The van der Waals surface area contributed by atoms with Gasteiger partial charge in [0.25, 0.3) is 0 Å². The van der Waals surface area contributed by atoms with Crippen molar-refractivity contribution < 1.29 is 14.2 Å². The van der Waals surface area contributed by atoms with E-state index in [1.807, 2.05) is 0 Å². The summed E-state index contributed by atoms with van der Waals surface area (Å²) in [7, 11) is 2.15. The van der Waals surface area contributed by atoms with Gasteiger partial charge in [0.1, 0.15) is 5.75 Å². The number of aryl methyl sites for hydroxylation is 1. The molecule has 124 valence electrons. The van der Waals surface area contributed by atoms with Crippen molar-refractivity contribution >= 4 is 0 Å². The first-order valence-corrected chi connectivity index (χ1v) is 8.37. The summed E-state index contributed by atoms with van der Waals surface area (Å²) in [6.07, 6.45) is 3.41. The molecule has 1 fully saturated rings. The van der Waals surface area contributed by atoms with Gasteiger partial charge in [-0.2, -0.15) is 0 Å². The normalized spacial score (nSPS) is 18.6. The van der Waals surface area contributed by atoms with E-state index in [4.69, 9.17) is 14.2 Å². The van der Waals surface area contributed by atoms with Crippen LogP contribution in [-0.4, -0.2) is 57.6 Å². The van der Waals surface area contributed by atoms with Crippen LogP contribution in [0.25, 0.3) is 0 Å². The van der Waals surface area contributed by atoms with Crippen molar-refractivity contribution in [2.75, 3.05) is 46.6 Å². The molecule has 0 aliphatic carbocycles. The molecule has 22 heavy (non-hydrogen) atoms. The molecule has 1 aliphatic heterocycles. The van der Waals surface area contributed by atoms with Crippen LogP contribution in [0.2, 0.25) is 0 Å². The zero-order valence-corrected chi connectivity index (χ0v) is 13.9. The van der Waals surface area contributed by atoms with Gasteiger partial charge in [-0.1, -0.05) is 19.1 Å². The smallest absolute Gasteiger partial charge is 0.119 e. The maximum Gasteiger partial charge on any atom is 0.119 e. The molecule has 0 amide bonds. The first-order chi connectivity index (χ1) is 10.8. The predicted octanol–water partition coefficient (Wildman–Crippen LogP) is 2.76. The van der Waals surface area contributed by atoms with Crippen molar-refractivity contribution in [3.8, 4) is 5.75 Å². The van der Waals surface area contributed by atoms with E-state index < -0.39 is 0 Å². The predicted molar refractivity (Wildman–Crippen MR) is 88.6 cm³/mol. The largest absolute Gasteiger partial charge is 0.494 e. The minimum absolute atomic E-state index is 0.268.